The summed E-state index contributed by atoms with van der Waals surface area (Å²) in [7, 11) is 0. The Morgan fingerprint density at radius 3 is 2.96 bits per heavy atom. The van der Waals surface area contributed by atoms with Crippen molar-refractivity contribution in [1.29, 1.82) is 0 Å². The van der Waals surface area contributed by atoms with E-state index in [-0.39, 0.29) is 16.9 Å². The van der Waals surface area contributed by atoms with Crippen molar-refractivity contribution in [3.8, 4) is 0 Å². The number of fused-ring (bicyclic) bond motifs is 3. The normalized spacial score (nSPS) is 24.8. The molecular weight excluding hydrogens is 335 g/mol. The summed E-state index contributed by atoms with van der Waals surface area (Å²) in [4.78, 5) is 17.5. The molecule has 1 fully saturated rings. The summed E-state index contributed by atoms with van der Waals surface area (Å²) in [6.45, 7) is 2.53. The number of carboxylic acid groups (broad SMARTS) is 1. The number of hydrogen-bond donors (Lipinski definition) is 1. The van der Waals surface area contributed by atoms with Crippen LogP contribution in [0.1, 0.15) is 29.5 Å². The zero-order valence-electron chi connectivity index (χ0n) is 12.8. The van der Waals surface area contributed by atoms with Crippen LogP contribution in [-0.4, -0.2) is 28.9 Å². The van der Waals surface area contributed by atoms with Crippen LogP contribution in [0, 0.1) is 5.82 Å². The van der Waals surface area contributed by atoms with Gasteiger partial charge in [-0.15, -0.1) is 0 Å². The minimum atomic E-state index is -1.08. The van der Waals surface area contributed by atoms with Gasteiger partial charge in [0.15, 0.2) is 0 Å². The molecule has 4 rings (SSSR count). The summed E-state index contributed by atoms with van der Waals surface area (Å²) in [5, 5.41) is 9.27. The standard InChI is InChI=1S/C17H14ClFN2O3/c1-17-6-7-24-16(17)21(9-2-3-10(18)11(19)8-9)13-5-4-12(15(22)23)20-14(13)17/h2-5,8,16H,6-7H2,1H3,(H,22,23)/t16-,17-/m0/s1. The smallest absolute Gasteiger partial charge is 0.354 e. The Labute approximate surface area is 142 Å². The van der Waals surface area contributed by atoms with Crippen LogP contribution in [0.5, 0.6) is 0 Å². The summed E-state index contributed by atoms with van der Waals surface area (Å²) >= 11 is 5.78. The number of rotatable bonds is 2. The predicted molar refractivity (Wildman–Crippen MR) is 86.5 cm³/mol. The first-order valence-corrected chi connectivity index (χ1v) is 7.90. The molecule has 124 valence electrons. The Hall–Kier alpha value is -2.18. The van der Waals surface area contributed by atoms with Gasteiger partial charge in [0.2, 0.25) is 0 Å². The van der Waals surface area contributed by atoms with E-state index in [4.69, 9.17) is 16.3 Å². The van der Waals surface area contributed by atoms with Crippen LogP contribution in [0.3, 0.4) is 0 Å². The van der Waals surface area contributed by atoms with Gasteiger partial charge in [-0.25, -0.2) is 14.2 Å². The van der Waals surface area contributed by atoms with Crippen LogP contribution in [0.2, 0.25) is 5.02 Å². The van der Waals surface area contributed by atoms with Gasteiger partial charge >= 0.3 is 5.97 Å². The third-order valence-corrected chi connectivity index (χ3v) is 5.06. The van der Waals surface area contributed by atoms with Gasteiger partial charge in [-0.05, 0) is 43.7 Å². The molecule has 1 aromatic heterocycles. The number of carboxylic acids is 1. The zero-order valence-corrected chi connectivity index (χ0v) is 13.5. The lowest BCUT2D eigenvalue weighted by atomic mass is 9.85. The van der Waals surface area contributed by atoms with E-state index in [2.05, 4.69) is 4.98 Å². The average molecular weight is 349 g/mol. The summed E-state index contributed by atoms with van der Waals surface area (Å²) in [5.74, 6) is -1.59. The van der Waals surface area contributed by atoms with Crippen molar-refractivity contribution in [1.82, 2.24) is 4.98 Å². The van der Waals surface area contributed by atoms with Gasteiger partial charge in [0.25, 0.3) is 0 Å². The number of nitrogens with zero attached hydrogens (tertiary/aromatic N) is 2. The van der Waals surface area contributed by atoms with Crippen LogP contribution < -0.4 is 4.90 Å². The molecule has 5 nitrogen and oxygen atoms in total. The van der Waals surface area contributed by atoms with Gasteiger partial charge in [0.1, 0.15) is 17.7 Å². The van der Waals surface area contributed by atoms with Crippen molar-refractivity contribution in [2.45, 2.75) is 25.0 Å². The molecule has 2 atom stereocenters. The molecule has 0 amide bonds. The molecule has 1 aromatic carbocycles. The number of hydrogen-bond acceptors (Lipinski definition) is 4. The minimum Gasteiger partial charge on any atom is -0.477 e. The number of aromatic nitrogens is 1. The largest absolute Gasteiger partial charge is 0.477 e. The Morgan fingerprint density at radius 1 is 1.46 bits per heavy atom. The van der Waals surface area contributed by atoms with Gasteiger partial charge in [0, 0.05) is 5.69 Å². The zero-order chi connectivity index (χ0) is 17.1. The summed E-state index contributed by atoms with van der Waals surface area (Å²) in [5.41, 5.74) is 1.54. The first-order valence-electron chi connectivity index (χ1n) is 7.52. The number of ether oxygens (including phenoxy) is 1. The highest BCUT2D eigenvalue weighted by Gasteiger charge is 2.54. The topological polar surface area (TPSA) is 62.7 Å². The van der Waals surface area contributed by atoms with Crippen molar-refractivity contribution < 1.29 is 19.0 Å². The molecule has 0 radical (unpaired) electrons. The molecule has 7 heteroatoms. The van der Waals surface area contributed by atoms with Crippen LogP contribution >= 0.6 is 11.6 Å². The predicted octanol–water partition coefficient (Wildman–Crippen LogP) is 3.73. The lowest BCUT2D eigenvalue weighted by Crippen LogP contribution is -2.37. The van der Waals surface area contributed by atoms with Gasteiger partial charge in [-0.2, -0.15) is 0 Å². The molecule has 0 unspecified atom stereocenters. The number of pyridine rings is 1. The Bertz CT molecular complexity index is 860. The number of anilines is 2. The fourth-order valence-electron chi connectivity index (χ4n) is 3.51. The monoisotopic (exact) mass is 348 g/mol. The second-order valence-electron chi connectivity index (χ2n) is 6.23. The molecule has 0 bridgehead atoms. The molecule has 2 aliphatic heterocycles. The molecule has 0 aliphatic carbocycles. The van der Waals surface area contributed by atoms with E-state index in [1.54, 1.807) is 12.1 Å². The first-order chi connectivity index (χ1) is 11.4. The molecule has 3 heterocycles. The number of carbonyl (C=O) groups is 1. The highest BCUT2D eigenvalue weighted by molar-refractivity contribution is 6.30. The quantitative estimate of drug-likeness (QED) is 0.896. The van der Waals surface area contributed by atoms with E-state index in [1.807, 2.05) is 11.8 Å². The Morgan fingerprint density at radius 2 is 2.25 bits per heavy atom. The van der Waals surface area contributed by atoms with E-state index in [1.165, 1.54) is 18.2 Å². The summed E-state index contributed by atoms with van der Waals surface area (Å²) in [6, 6.07) is 7.71. The molecule has 2 aliphatic rings. The third-order valence-electron chi connectivity index (χ3n) is 4.75. The van der Waals surface area contributed by atoms with Crippen LogP contribution in [0.25, 0.3) is 0 Å². The molecule has 2 aromatic rings. The third kappa shape index (κ3) is 2.03. The van der Waals surface area contributed by atoms with Gasteiger partial charge in [-0.1, -0.05) is 11.6 Å². The number of benzene rings is 1. The fraction of sp³-hybridized carbons (Fsp3) is 0.294. The molecule has 1 saturated heterocycles. The number of aromatic carboxylic acids is 1. The van der Waals surface area contributed by atoms with Crippen molar-refractivity contribution in [3.63, 3.8) is 0 Å². The molecule has 0 saturated carbocycles. The maximum Gasteiger partial charge on any atom is 0.354 e. The second-order valence-corrected chi connectivity index (χ2v) is 6.64. The number of halogens is 2. The lowest BCUT2D eigenvalue weighted by Gasteiger charge is -2.29. The van der Waals surface area contributed by atoms with Gasteiger partial charge < -0.3 is 14.7 Å². The maximum absolute atomic E-state index is 13.9. The summed E-state index contributed by atoms with van der Waals surface area (Å²) in [6.07, 6.45) is 0.359. The lowest BCUT2D eigenvalue weighted by molar-refractivity contribution is 0.0689. The van der Waals surface area contributed by atoms with E-state index in [9.17, 15) is 14.3 Å². The van der Waals surface area contributed by atoms with E-state index >= 15 is 0 Å². The maximum atomic E-state index is 13.9. The molecule has 0 spiro atoms. The molecule has 1 N–H and O–H groups in total. The SMILES string of the molecule is C[C@@]12CCO[C@@H]1N(c1ccc(Cl)c(F)c1)c1ccc(C(=O)O)nc12. The molecular formula is C17H14ClFN2O3. The van der Waals surface area contributed by atoms with Crippen molar-refractivity contribution in [2.24, 2.45) is 0 Å². The van der Waals surface area contributed by atoms with Crippen molar-refractivity contribution in [3.05, 3.63) is 52.6 Å². The van der Waals surface area contributed by atoms with E-state index < -0.39 is 17.2 Å². The van der Waals surface area contributed by atoms with Crippen LogP contribution in [0.4, 0.5) is 15.8 Å². The highest BCUT2D eigenvalue weighted by Crippen LogP contribution is 2.53. The fourth-order valence-corrected chi connectivity index (χ4v) is 3.62. The van der Waals surface area contributed by atoms with Crippen molar-refractivity contribution in [2.75, 3.05) is 11.5 Å². The van der Waals surface area contributed by atoms with Crippen molar-refractivity contribution >= 4 is 28.9 Å². The van der Waals surface area contributed by atoms with Gasteiger partial charge in [0.05, 0.1) is 28.4 Å². The van der Waals surface area contributed by atoms with E-state index in [0.29, 0.717) is 24.4 Å². The average Bonchev–Trinajstić information content (AvgIpc) is 3.03. The summed E-state index contributed by atoms with van der Waals surface area (Å²) < 4.78 is 19.8. The second kappa shape index (κ2) is 5.16. The van der Waals surface area contributed by atoms with Crippen LogP contribution in [-0.2, 0) is 10.2 Å². The Kier molecular flexibility index (Phi) is 3.30. The van der Waals surface area contributed by atoms with Gasteiger partial charge in [-0.3, -0.25) is 0 Å². The van der Waals surface area contributed by atoms with E-state index in [0.717, 1.165) is 5.69 Å². The first kappa shape index (κ1) is 15.4. The minimum absolute atomic E-state index is 0.00948. The Balaban J connectivity index is 1.90. The van der Waals surface area contributed by atoms with Crippen LogP contribution in [0.15, 0.2) is 30.3 Å². The molecule has 24 heavy (non-hydrogen) atoms. The highest BCUT2D eigenvalue weighted by atomic mass is 35.5.